The van der Waals surface area contributed by atoms with Gasteiger partial charge in [0.05, 0.1) is 17.1 Å². The van der Waals surface area contributed by atoms with Crippen LogP contribution in [0.5, 0.6) is 0 Å². The van der Waals surface area contributed by atoms with E-state index in [-0.39, 0.29) is 11.9 Å². The summed E-state index contributed by atoms with van der Waals surface area (Å²) in [7, 11) is 0. The Morgan fingerprint density at radius 3 is 2.48 bits per heavy atom. The Morgan fingerprint density at radius 1 is 1.29 bits per heavy atom. The number of carbonyl (C=O) groups is 1. The molecule has 112 valence electrons. The second-order valence-corrected chi connectivity index (χ2v) is 6.36. The minimum absolute atomic E-state index is 0.120. The fraction of sp³-hybridized carbons (Fsp3) is 0.375. The lowest BCUT2D eigenvalue weighted by atomic mass is 10.1. The van der Waals surface area contributed by atoms with Crippen molar-refractivity contribution >= 4 is 27.5 Å². The summed E-state index contributed by atoms with van der Waals surface area (Å²) in [5, 5.41) is 7.45. The lowest BCUT2D eigenvalue weighted by molar-refractivity contribution is 0.102. The molecule has 1 aromatic carbocycles. The highest BCUT2D eigenvalue weighted by atomic mass is 79.9. The van der Waals surface area contributed by atoms with E-state index in [1.807, 2.05) is 43.7 Å². The fourth-order valence-corrected chi connectivity index (χ4v) is 2.65. The third-order valence-corrected chi connectivity index (χ3v) is 4.34. The molecule has 4 nitrogen and oxygen atoms in total. The molecule has 0 fully saturated rings. The van der Waals surface area contributed by atoms with Gasteiger partial charge in [-0.15, -0.1) is 0 Å². The van der Waals surface area contributed by atoms with Crippen LogP contribution >= 0.6 is 15.9 Å². The number of hydrogen-bond donors (Lipinski definition) is 1. The average molecular weight is 350 g/mol. The number of amides is 1. The van der Waals surface area contributed by atoms with Crippen molar-refractivity contribution in [2.75, 3.05) is 5.32 Å². The molecule has 0 atom stereocenters. The topological polar surface area (TPSA) is 46.9 Å². The van der Waals surface area contributed by atoms with Crippen LogP contribution in [0.2, 0.25) is 0 Å². The van der Waals surface area contributed by atoms with E-state index in [0.29, 0.717) is 5.56 Å². The molecule has 1 heterocycles. The van der Waals surface area contributed by atoms with Crippen molar-refractivity contribution in [2.24, 2.45) is 0 Å². The van der Waals surface area contributed by atoms with E-state index in [1.54, 1.807) is 0 Å². The second kappa shape index (κ2) is 6.02. The van der Waals surface area contributed by atoms with Gasteiger partial charge in [-0.05, 0) is 52.3 Å². The van der Waals surface area contributed by atoms with Crippen molar-refractivity contribution in [1.82, 2.24) is 9.78 Å². The first-order valence-electron chi connectivity index (χ1n) is 6.94. The summed E-state index contributed by atoms with van der Waals surface area (Å²) in [4.78, 5) is 12.4. The average Bonchev–Trinajstić information content (AvgIpc) is 2.70. The molecule has 1 N–H and O–H groups in total. The second-order valence-electron chi connectivity index (χ2n) is 5.50. The zero-order valence-corrected chi connectivity index (χ0v) is 14.6. The molecule has 0 radical (unpaired) electrons. The summed E-state index contributed by atoms with van der Waals surface area (Å²) in [5.41, 5.74) is 4.34. The van der Waals surface area contributed by atoms with Gasteiger partial charge in [0.15, 0.2) is 0 Å². The van der Waals surface area contributed by atoms with Crippen LogP contribution in [0.25, 0.3) is 0 Å². The van der Waals surface area contributed by atoms with Gasteiger partial charge in [0.25, 0.3) is 5.91 Å². The summed E-state index contributed by atoms with van der Waals surface area (Å²) in [6, 6.07) is 5.86. The molecule has 1 aromatic heterocycles. The van der Waals surface area contributed by atoms with E-state index in [9.17, 15) is 4.79 Å². The van der Waals surface area contributed by atoms with Gasteiger partial charge < -0.3 is 5.32 Å². The van der Waals surface area contributed by atoms with Gasteiger partial charge in [-0.2, -0.15) is 5.10 Å². The number of carbonyl (C=O) groups excluding carboxylic acids is 1. The maximum absolute atomic E-state index is 12.4. The molecule has 0 spiro atoms. The highest BCUT2D eigenvalue weighted by molar-refractivity contribution is 9.10. The van der Waals surface area contributed by atoms with E-state index in [4.69, 9.17) is 0 Å². The number of hydrogen-bond acceptors (Lipinski definition) is 2. The van der Waals surface area contributed by atoms with Gasteiger partial charge in [-0.25, -0.2) is 0 Å². The molecule has 0 unspecified atom stereocenters. The summed E-state index contributed by atoms with van der Waals surface area (Å²) < 4.78 is 2.86. The molecule has 0 saturated carbocycles. The Bertz CT molecular complexity index is 689. The zero-order chi connectivity index (χ0) is 15.7. The van der Waals surface area contributed by atoms with Crippen molar-refractivity contribution in [3.63, 3.8) is 0 Å². The zero-order valence-electron chi connectivity index (χ0n) is 13.0. The van der Waals surface area contributed by atoms with E-state index in [2.05, 4.69) is 40.2 Å². The Hall–Kier alpha value is -1.62. The first kappa shape index (κ1) is 15.8. The first-order chi connectivity index (χ1) is 9.81. The van der Waals surface area contributed by atoms with E-state index < -0.39 is 0 Å². The van der Waals surface area contributed by atoms with Crippen molar-refractivity contribution in [3.8, 4) is 0 Å². The van der Waals surface area contributed by atoms with Gasteiger partial charge in [0.2, 0.25) is 0 Å². The Balaban J connectivity index is 2.29. The van der Waals surface area contributed by atoms with Gasteiger partial charge in [-0.3, -0.25) is 9.48 Å². The third-order valence-electron chi connectivity index (χ3n) is 3.49. The first-order valence-corrected chi connectivity index (χ1v) is 7.73. The molecule has 21 heavy (non-hydrogen) atoms. The van der Waals surface area contributed by atoms with Crippen LogP contribution in [-0.4, -0.2) is 15.7 Å². The van der Waals surface area contributed by atoms with Crippen LogP contribution in [0.1, 0.15) is 47.2 Å². The Kier molecular flexibility index (Phi) is 4.52. The Morgan fingerprint density at radius 2 is 1.95 bits per heavy atom. The SMILES string of the molecule is Cc1ccc(C(=O)Nc2c(C)nn(C(C)C)c2C)cc1Br. The van der Waals surface area contributed by atoms with E-state index in [0.717, 1.165) is 27.1 Å². The fourth-order valence-electron chi connectivity index (χ4n) is 2.27. The van der Waals surface area contributed by atoms with Gasteiger partial charge in [0.1, 0.15) is 0 Å². The highest BCUT2D eigenvalue weighted by Gasteiger charge is 2.16. The molecular weight excluding hydrogens is 330 g/mol. The minimum Gasteiger partial charge on any atom is -0.319 e. The molecule has 0 aliphatic rings. The third kappa shape index (κ3) is 3.18. The molecule has 1 amide bonds. The van der Waals surface area contributed by atoms with Crippen molar-refractivity contribution < 1.29 is 4.79 Å². The molecule has 0 bridgehead atoms. The van der Waals surface area contributed by atoms with Crippen molar-refractivity contribution in [3.05, 3.63) is 45.2 Å². The number of benzene rings is 1. The normalized spacial score (nSPS) is 11.0. The highest BCUT2D eigenvalue weighted by Crippen LogP contribution is 2.24. The Labute approximate surface area is 133 Å². The monoisotopic (exact) mass is 349 g/mol. The van der Waals surface area contributed by atoms with Crippen LogP contribution in [0.15, 0.2) is 22.7 Å². The summed E-state index contributed by atoms with van der Waals surface area (Å²) >= 11 is 3.46. The number of nitrogens with zero attached hydrogens (tertiary/aromatic N) is 2. The number of anilines is 1. The quantitative estimate of drug-likeness (QED) is 0.892. The van der Waals surface area contributed by atoms with Crippen LogP contribution in [0, 0.1) is 20.8 Å². The standard InChI is InChI=1S/C16H20BrN3O/c1-9(2)20-12(5)15(11(4)19-20)18-16(21)13-7-6-10(3)14(17)8-13/h6-9H,1-5H3,(H,18,21). The van der Waals surface area contributed by atoms with E-state index >= 15 is 0 Å². The van der Waals surface area contributed by atoms with Gasteiger partial charge >= 0.3 is 0 Å². The maximum atomic E-state index is 12.4. The number of aromatic nitrogens is 2. The molecular formula is C16H20BrN3O. The molecule has 0 saturated heterocycles. The molecule has 2 aromatic rings. The van der Waals surface area contributed by atoms with Crippen LogP contribution in [0.4, 0.5) is 5.69 Å². The number of nitrogens with one attached hydrogen (secondary N) is 1. The van der Waals surface area contributed by atoms with Crippen LogP contribution in [-0.2, 0) is 0 Å². The van der Waals surface area contributed by atoms with E-state index in [1.165, 1.54) is 0 Å². The molecule has 2 rings (SSSR count). The predicted molar refractivity (Wildman–Crippen MR) is 88.9 cm³/mol. The smallest absolute Gasteiger partial charge is 0.255 e. The van der Waals surface area contributed by atoms with Crippen LogP contribution < -0.4 is 5.32 Å². The molecule has 0 aliphatic heterocycles. The van der Waals surface area contributed by atoms with Gasteiger partial charge in [-0.1, -0.05) is 22.0 Å². The number of halogens is 1. The van der Waals surface area contributed by atoms with Gasteiger partial charge in [0, 0.05) is 16.1 Å². The minimum atomic E-state index is -0.120. The number of aryl methyl sites for hydroxylation is 2. The lowest BCUT2D eigenvalue weighted by Crippen LogP contribution is -2.13. The number of rotatable bonds is 3. The predicted octanol–water partition coefficient (Wildman–Crippen LogP) is 4.40. The molecule has 0 aliphatic carbocycles. The largest absolute Gasteiger partial charge is 0.319 e. The van der Waals surface area contributed by atoms with Crippen molar-refractivity contribution in [1.29, 1.82) is 0 Å². The maximum Gasteiger partial charge on any atom is 0.255 e. The summed E-state index contributed by atoms with van der Waals surface area (Å²) in [6.45, 7) is 10.0. The summed E-state index contributed by atoms with van der Waals surface area (Å²) in [6.07, 6.45) is 0. The van der Waals surface area contributed by atoms with Crippen molar-refractivity contribution in [2.45, 2.75) is 40.7 Å². The van der Waals surface area contributed by atoms with Crippen LogP contribution in [0.3, 0.4) is 0 Å². The lowest BCUT2D eigenvalue weighted by Gasteiger charge is -2.10. The molecule has 5 heteroatoms. The summed E-state index contributed by atoms with van der Waals surface area (Å²) in [5.74, 6) is -0.120.